The summed E-state index contributed by atoms with van der Waals surface area (Å²) in [5, 5.41) is 3.92. The number of carbonyl (C=O) groups excluding carboxylic acids is 2. The van der Waals surface area contributed by atoms with Gasteiger partial charge in [0, 0.05) is 35.6 Å². The molecule has 39 heavy (non-hydrogen) atoms. The van der Waals surface area contributed by atoms with Crippen LogP contribution in [0.25, 0.3) is 0 Å². The van der Waals surface area contributed by atoms with Crippen LogP contribution < -0.4 is 5.32 Å². The SMILES string of the molecule is CN(CC(=O)N(Cc1ccc(Cl)cc1)[C@@H](Cc1ccccc1)C(=O)NC(C)(C)C)S(=O)(=O)c1ccc(Cl)cc1. The third-order valence-electron chi connectivity index (χ3n) is 5.92. The van der Waals surface area contributed by atoms with Crippen molar-refractivity contribution in [1.82, 2.24) is 14.5 Å². The van der Waals surface area contributed by atoms with Crippen molar-refractivity contribution >= 4 is 45.0 Å². The summed E-state index contributed by atoms with van der Waals surface area (Å²) in [6.07, 6.45) is 0.246. The van der Waals surface area contributed by atoms with Gasteiger partial charge in [-0.2, -0.15) is 4.31 Å². The van der Waals surface area contributed by atoms with Gasteiger partial charge in [-0.3, -0.25) is 9.59 Å². The Morgan fingerprint density at radius 3 is 1.92 bits per heavy atom. The summed E-state index contributed by atoms with van der Waals surface area (Å²) in [7, 11) is -2.65. The fourth-order valence-electron chi connectivity index (χ4n) is 3.95. The summed E-state index contributed by atoms with van der Waals surface area (Å²) in [6.45, 7) is 5.21. The highest BCUT2D eigenvalue weighted by molar-refractivity contribution is 7.89. The largest absolute Gasteiger partial charge is 0.350 e. The highest BCUT2D eigenvalue weighted by Gasteiger charge is 2.34. The van der Waals surface area contributed by atoms with Crippen LogP contribution in [0.4, 0.5) is 0 Å². The molecule has 0 spiro atoms. The van der Waals surface area contributed by atoms with Gasteiger partial charge in [0.1, 0.15) is 6.04 Å². The van der Waals surface area contributed by atoms with E-state index < -0.39 is 34.1 Å². The quantitative estimate of drug-likeness (QED) is 0.353. The number of hydrogen-bond donors (Lipinski definition) is 1. The number of carbonyl (C=O) groups is 2. The molecule has 7 nitrogen and oxygen atoms in total. The Labute approximate surface area is 240 Å². The maximum Gasteiger partial charge on any atom is 0.243 e. The summed E-state index contributed by atoms with van der Waals surface area (Å²) in [5.74, 6) is -0.855. The standard InChI is InChI=1S/C29H33Cl2N3O4S/c1-29(2,3)32-28(36)26(18-21-8-6-5-7-9-21)34(19-22-10-12-23(30)13-11-22)27(35)20-33(4)39(37,38)25-16-14-24(31)15-17-25/h5-17,26H,18-20H2,1-4H3,(H,32,36)/t26-/m0/s1. The Kier molecular flexibility index (Phi) is 10.2. The van der Waals surface area contributed by atoms with E-state index in [0.29, 0.717) is 10.0 Å². The maximum atomic E-state index is 13.9. The summed E-state index contributed by atoms with van der Waals surface area (Å²) in [5.41, 5.74) is 1.07. The fraction of sp³-hybridized carbons (Fsp3) is 0.310. The van der Waals surface area contributed by atoms with Gasteiger partial charge in [0.15, 0.2) is 0 Å². The van der Waals surface area contributed by atoms with Crippen LogP contribution in [0, 0.1) is 0 Å². The molecule has 0 fully saturated rings. The lowest BCUT2D eigenvalue weighted by Crippen LogP contribution is -2.56. The van der Waals surface area contributed by atoms with Crippen LogP contribution in [0.5, 0.6) is 0 Å². The summed E-state index contributed by atoms with van der Waals surface area (Å²) < 4.78 is 27.4. The molecule has 0 aliphatic heterocycles. The molecule has 0 aromatic heterocycles. The number of rotatable bonds is 10. The Hall–Kier alpha value is -2.91. The molecular formula is C29H33Cl2N3O4S. The molecule has 3 aromatic carbocycles. The molecule has 1 N–H and O–H groups in total. The topological polar surface area (TPSA) is 86.8 Å². The molecular weight excluding hydrogens is 557 g/mol. The molecule has 0 saturated heterocycles. The average Bonchev–Trinajstić information content (AvgIpc) is 2.87. The van der Waals surface area contributed by atoms with Gasteiger partial charge < -0.3 is 10.2 Å². The average molecular weight is 591 g/mol. The van der Waals surface area contributed by atoms with Gasteiger partial charge in [-0.05, 0) is 68.3 Å². The van der Waals surface area contributed by atoms with Crippen LogP contribution in [0.3, 0.4) is 0 Å². The molecule has 2 amide bonds. The first-order chi connectivity index (χ1) is 18.3. The molecule has 0 unspecified atom stereocenters. The molecule has 0 radical (unpaired) electrons. The Morgan fingerprint density at radius 2 is 1.38 bits per heavy atom. The first kappa shape index (κ1) is 30.6. The van der Waals surface area contributed by atoms with Crippen molar-refractivity contribution < 1.29 is 18.0 Å². The van der Waals surface area contributed by atoms with Gasteiger partial charge in [-0.1, -0.05) is 65.7 Å². The number of hydrogen-bond acceptors (Lipinski definition) is 4. The van der Waals surface area contributed by atoms with E-state index in [1.54, 1.807) is 24.3 Å². The number of halogens is 2. The first-order valence-electron chi connectivity index (χ1n) is 12.4. The van der Waals surface area contributed by atoms with Crippen LogP contribution in [-0.4, -0.2) is 54.6 Å². The molecule has 0 heterocycles. The van der Waals surface area contributed by atoms with Crippen LogP contribution in [0.1, 0.15) is 31.9 Å². The minimum Gasteiger partial charge on any atom is -0.350 e. The molecule has 0 aliphatic rings. The van der Waals surface area contributed by atoms with Crippen LogP contribution in [0.15, 0.2) is 83.8 Å². The maximum absolute atomic E-state index is 13.9. The lowest BCUT2D eigenvalue weighted by Gasteiger charge is -2.34. The Morgan fingerprint density at radius 1 is 0.846 bits per heavy atom. The third kappa shape index (κ3) is 8.80. The first-order valence-corrected chi connectivity index (χ1v) is 14.6. The molecule has 10 heteroatoms. The Bertz CT molecular complexity index is 1370. The minimum absolute atomic E-state index is 0.0118. The second-order valence-electron chi connectivity index (χ2n) is 10.3. The zero-order valence-corrected chi connectivity index (χ0v) is 24.7. The van der Waals surface area contributed by atoms with E-state index in [1.807, 2.05) is 51.1 Å². The van der Waals surface area contributed by atoms with Crippen molar-refractivity contribution in [3.63, 3.8) is 0 Å². The van der Waals surface area contributed by atoms with E-state index in [-0.39, 0.29) is 23.8 Å². The highest BCUT2D eigenvalue weighted by Crippen LogP contribution is 2.21. The van der Waals surface area contributed by atoms with Crippen LogP contribution in [0.2, 0.25) is 10.0 Å². The van der Waals surface area contributed by atoms with E-state index in [4.69, 9.17) is 23.2 Å². The minimum atomic E-state index is -3.99. The lowest BCUT2D eigenvalue weighted by atomic mass is 10.0. The fourth-order valence-corrected chi connectivity index (χ4v) is 5.32. The lowest BCUT2D eigenvalue weighted by molar-refractivity contribution is -0.141. The van der Waals surface area contributed by atoms with Crippen LogP contribution in [-0.2, 0) is 32.6 Å². The number of amides is 2. The number of benzene rings is 3. The van der Waals surface area contributed by atoms with E-state index in [2.05, 4.69) is 5.32 Å². The highest BCUT2D eigenvalue weighted by atomic mass is 35.5. The van der Waals surface area contributed by atoms with Crippen molar-refractivity contribution in [2.24, 2.45) is 0 Å². The van der Waals surface area contributed by atoms with E-state index in [0.717, 1.165) is 15.4 Å². The molecule has 0 bridgehead atoms. The molecule has 3 aromatic rings. The van der Waals surface area contributed by atoms with Crippen molar-refractivity contribution in [1.29, 1.82) is 0 Å². The molecule has 0 aliphatic carbocycles. The molecule has 0 saturated carbocycles. The summed E-state index contributed by atoms with van der Waals surface area (Å²) >= 11 is 12.0. The number of nitrogens with one attached hydrogen (secondary N) is 1. The predicted octanol–water partition coefficient (Wildman–Crippen LogP) is 5.17. The van der Waals surface area contributed by atoms with Gasteiger partial charge in [-0.15, -0.1) is 0 Å². The van der Waals surface area contributed by atoms with Gasteiger partial charge >= 0.3 is 0 Å². The second kappa shape index (κ2) is 13.0. The smallest absolute Gasteiger partial charge is 0.243 e. The third-order valence-corrected chi connectivity index (χ3v) is 8.24. The van der Waals surface area contributed by atoms with Crippen molar-refractivity contribution in [2.45, 2.75) is 50.2 Å². The van der Waals surface area contributed by atoms with Gasteiger partial charge in [0.2, 0.25) is 21.8 Å². The van der Waals surface area contributed by atoms with Gasteiger partial charge in [-0.25, -0.2) is 8.42 Å². The van der Waals surface area contributed by atoms with Gasteiger partial charge in [0.25, 0.3) is 0 Å². The zero-order valence-electron chi connectivity index (χ0n) is 22.4. The zero-order chi connectivity index (χ0) is 28.8. The second-order valence-corrected chi connectivity index (χ2v) is 13.2. The summed E-state index contributed by atoms with van der Waals surface area (Å²) in [6, 6.07) is 21.2. The van der Waals surface area contributed by atoms with Crippen molar-refractivity contribution in [3.05, 3.63) is 100 Å². The van der Waals surface area contributed by atoms with Crippen molar-refractivity contribution in [3.8, 4) is 0 Å². The summed E-state index contributed by atoms with van der Waals surface area (Å²) in [4.78, 5) is 28.9. The predicted molar refractivity (Wildman–Crippen MR) is 155 cm³/mol. The van der Waals surface area contributed by atoms with Gasteiger partial charge in [0.05, 0.1) is 11.4 Å². The van der Waals surface area contributed by atoms with E-state index in [9.17, 15) is 18.0 Å². The van der Waals surface area contributed by atoms with Crippen LogP contribution >= 0.6 is 23.2 Å². The molecule has 208 valence electrons. The number of nitrogens with zero attached hydrogens (tertiary/aromatic N) is 2. The normalized spacial score (nSPS) is 12.7. The Balaban J connectivity index is 1.98. The number of likely N-dealkylation sites (N-methyl/N-ethyl adjacent to an activating group) is 1. The van der Waals surface area contributed by atoms with E-state index in [1.165, 1.54) is 36.2 Å². The number of sulfonamides is 1. The van der Waals surface area contributed by atoms with E-state index >= 15 is 0 Å². The molecule has 3 rings (SSSR count). The van der Waals surface area contributed by atoms with Crippen molar-refractivity contribution in [2.75, 3.05) is 13.6 Å². The monoisotopic (exact) mass is 589 g/mol. The molecule has 1 atom stereocenters.